The van der Waals surface area contributed by atoms with Gasteiger partial charge in [-0.2, -0.15) is 0 Å². The molecular weight excluding hydrogens is 230 g/mol. The Morgan fingerprint density at radius 1 is 1.33 bits per heavy atom. The normalized spacial score (nSPS) is 19.2. The molecule has 1 rings (SSSR count). The summed E-state index contributed by atoms with van der Waals surface area (Å²) in [6, 6.07) is 0.404. The predicted molar refractivity (Wildman–Crippen MR) is 72.9 cm³/mol. The zero-order valence-corrected chi connectivity index (χ0v) is 12.1. The Balaban J connectivity index is 2.37. The molecule has 2 N–H and O–H groups in total. The molecule has 106 valence electrons. The summed E-state index contributed by atoms with van der Waals surface area (Å²) in [6.45, 7) is 4.29. The van der Waals surface area contributed by atoms with Gasteiger partial charge in [0.1, 0.15) is 5.54 Å². The second-order valence-corrected chi connectivity index (χ2v) is 5.95. The molecule has 1 saturated carbocycles. The fraction of sp³-hybridized carbons (Fsp3) is 0.923. The van der Waals surface area contributed by atoms with E-state index in [1.807, 2.05) is 7.05 Å². The van der Waals surface area contributed by atoms with Crippen LogP contribution in [0, 0.1) is 0 Å². The maximum atomic E-state index is 11.4. The highest BCUT2D eigenvalue weighted by Crippen LogP contribution is 2.23. The van der Waals surface area contributed by atoms with Crippen molar-refractivity contribution in [3.63, 3.8) is 0 Å². The third-order valence-corrected chi connectivity index (χ3v) is 3.30. The maximum Gasteiger partial charge on any atom is 0.324 e. The number of carbonyl (C=O) groups is 1. The quantitative estimate of drug-likeness (QED) is 0.629. The van der Waals surface area contributed by atoms with E-state index < -0.39 is 11.5 Å². The van der Waals surface area contributed by atoms with Crippen molar-refractivity contribution in [2.24, 2.45) is 0 Å². The van der Waals surface area contributed by atoms with Gasteiger partial charge in [-0.05, 0) is 60.4 Å². The zero-order chi connectivity index (χ0) is 13.8. The van der Waals surface area contributed by atoms with Gasteiger partial charge in [-0.3, -0.25) is 10.1 Å². The van der Waals surface area contributed by atoms with E-state index in [0.29, 0.717) is 12.6 Å². The molecule has 0 bridgehead atoms. The number of aliphatic carboxylic acids is 1. The molecule has 0 aromatic carbocycles. The molecule has 5 heteroatoms. The average Bonchev–Trinajstić information content (AvgIpc) is 3.00. The minimum Gasteiger partial charge on any atom is -0.480 e. The average molecular weight is 257 g/mol. The van der Waals surface area contributed by atoms with E-state index in [9.17, 15) is 9.90 Å². The highest BCUT2D eigenvalue weighted by Gasteiger charge is 2.39. The highest BCUT2D eigenvalue weighted by molar-refractivity contribution is 5.78. The van der Waals surface area contributed by atoms with Crippen LogP contribution in [-0.2, 0) is 4.79 Å². The van der Waals surface area contributed by atoms with Gasteiger partial charge in [-0.1, -0.05) is 0 Å². The second kappa shape index (κ2) is 6.50. The maximum absolute atomic E-state index is 11.4. The molecular formula is C13H27N3O2. The first-order chi connectivity index (χ1) is 8.33. The van der Waals surface area contributed by atoms with E-state index in [1.165, 1.54) is 0 Å². The Labute approximate surface area is 110 Å². The summed E-state index contributed by atoms with van der Waals surface area (Å²) in [5.74, 6) is -0.756. The fourth-order valence-electron chi connectivity index (χ4n) is 2.13. The minimum atomic E-state index is -0.825. The Morgan fingerprint density at radius 2 is 1.94 bits per heavy atom. The van der Waals surface area contributed by atoms with Crippen molar-refractivity contribution >= 4 is 5.97 Å². The van der Waals surface area contributed by atoms with E-state index in [-0.39, 0.29) is 0 Å². The van der Waals surface area contributed by atoms with Crippen molar-refractivity contribution in [2.45, 2.75) is 37.8 Å². The molecule has 0 aliphatic heterocycles. The van der Waals surface area contributed by atoms with Crippen LogP contribution < -0.4 is 5.32 Å². The Bertz CT molecular complexity index is 279. The van der Waals surface area contributed by atoms with Crippen molar-refractivity contribution in [1.82, 2.24) is 15.1 Å². The fourth-order valence-corrected chi connectivity index (χ4v) is 2.13. The summed E-state index contributed by atoms with van der Waals surface area (Å²) in [4.78, 5) is 15.7. The molecule has 0 aromatic rings. The van der Waals surface area contributed by atoms with Crippen LogP contribution in [0.15, 0.2) is 0 Å². The van der Waals surface area contributed by atoms with Crippen molar-refractivity contribution in [3.8, 4) is 0 Å². The smallest absolute Gasteiger partial charge is 0.324 e. The Morgan fingerprint density at radius 3 is 2.39 bits per heavy atom. The summed E-state index contributed by atoms with van der Waals surface area (Å²) >= 11 is 0. The van der Waals surface area contributed by atoms with E-state index in [4.69, 9.17) is 0 Å². The number of nitrogens with zero attached hydrogens (tertiary/aromatic N) is 2. The van der Waals surface area contributed by atoms with Gasteiger partial charge >= 0.3 is 5.97 Å². The van der Waals surface area contributed by atoms with Crippen LogP contribution in [-0.4, -0.2) is 73.2 Å². The van der Waals surface area contributed by atoms with Crippen LogP contribution in [0.4, 0.5) is 0 Å². The van der Waals surface area contributed by atoms with Crippen molar-refractivity contribution in [3.05, 3.63) is 0 Å². The molecule has 1 atom stereocenters. The van der Waals surface area contributed by atoms with Crippen LogP contribution in [0.1, 0.15) is 26.2 Å². The molecule has 0 radical (unpaired) electrons. The van der Waals surface area contributed by atoms with Crippen molar-refractivity contribution in [1.29, 1.82) is 0 Å². The summed E-state index contributed by atoms with van der Waals surface area (Å²) in [6.07, 6.45) is 3.27. The van der Waals surface area contributed by atoms with Gasteiger partial charge in [0.2, 0.25) is 0 Å². The van der Waals surface area contributed by atoms with Crippen LogP contribution in [0.5, 0.6) is 0 Å². The molecule has 1 fully saturated rings. The summed E-state index contributed by atoms with van der Waals surface area (Å²) < 4.78 is 0. The minimum absolute atomic E-state index is 0.404. The topological polar surface area (TPSA) is 55.8 Å². The van der Waals surface area contributed by atoms with E-state index in [0.717, 1.165) is 32.4 Å². The monoisotopic (exact) mass is 257 g/mol. The van der Waals surface area contributed by atoms with Crippen molar-refractivity contribution < 1.29 is 9.90 Å². The Kier molecular flexibility index (Phi) is 5.56. The number of carboxylic acid groups (broad SMARTS) is 1. The van der Waals surface area contributed by atoms with Crippen LogP contribution >= 0.6 is 0 Å². The van der Waals surface area contributed by atoms with E-state index in [2.05, 4.69) is 29.2 Å². The molecule has 0 amide bonds. The number of likely N-dealkylation sites (N-methyl/N-ethyl adjacent to an activating group) is 1. The van der Waals surface area contributed by atoms with Gasteiger partial charge in [0, 0.05) is 12.6 Å². The summed E-state index contributed by atoms with van der Waals surface area (Å²) in [5, 5.41) is 12.6. The van der Waals surface area contributed by atoms with Gasteiger partial charge in [-0.25, -0.2) is 0 Å². The van der Waals surface area contributed by atoms with Crippen LogP contribution in [0.25, 0.3) is 0 Å². The lowest BCUT2D eigenvalue weighted by molar-refractivity contribution is -0.145. The first-order valence-corrected chi connectivity index (χ1v) is 6.68. The molecule has 5 nitrogen and oxygen atoms in total. The molecule has 0 saturated heterocycles. The van der Waals surface area contributed by atoms with Gasteiger partial charge in [0.25, 0.3) is 0 Å². The standard InChI is InChI=1S/C13H27N3O2/c1-13(12(17)18,14-11-6-7-11)10-16(4)9-5-8-15(2)3/h11,14H,5-10H2,1-4H3,(H,17,18). The highest BCUT2D eigenvalue weighted by atomic mass is 16.4. The SMILES string of the molecule is CN(C)CCCN(C)CC(C)(NC1CC1)C(=O)O. The zero-order valence-electron chi connectivity index (χ0n) is 12.1. The lowest BCUT2D eigenvalue weighted by atomic mass is 10.0. The molecule has 1 aliphatic rings. The van der Waals surface area contributed by atoms with Crippen LogP contribution in [0.2, 0.25) is 0 Å². The number of carboxylic acids is 1. The second-order valence-electron chi connectivity index (χ2n) is 5.95. The third kappa shape index (κ3) is 5.33. The summed E-state index contributed by atoms with van der Waals surface area (Å²) in [7, 11) is 6.09. The molecule has 0 aromatic heterocycles. The summed E-state index contributed by atoms with van der Waals surface area (Å²) in [5.41, 5.74) is -0.825. The molecule has 1 unspecified atom stereocenters. The molecule has 1 aliphatic carbocycles. The van der Waals surface area contributed by atoms with E-state index >= 15 is 0 Å². The number of rotatable bonds is 9. The molecule has 0 spiro atoms. The van der Waals surface area contributed by atoms with Gasteiger partial charge < -0.3 is 14.9 Å². The predicted octanol–water partition coefficient (Wildman–Crippen LogP) is 0.465. The van der Waals surface area contributed by atoms with E-state index in [1.54, 1.807) is 6.92 Å². The van der Waals surface area contributed by atoms with Gasteiger partial charge in [0.15, 0.2) is 0 Å². The van der Waals surface area contributed by atoms with Gasteiger partial charge in [0.05, 0.1) is 0 Å². The Hall–Kier alpha value is -0.650. The number of hydrogen-bond acceptors (Lipinski definition) is 4. The first kappa shape index (κ1) is 15.4. The number of hydrogen-bond donors (Lipinski definition) is 2. The lowest BCUT2D eigenvalue weighted by Crippen LogP contribution is -2.57. The first-order valence-electron chi connectivity index (χ1n) is 6.68. The third-order valence-electron chi connectivity index (χ3n) is 3.30. The number of nitrogens with one attached hydrogen (secondary N) is 1. The lowest BCUT2D eigenvalue weighted by Gasteiger charge is -2.31. The molecule has 18 heavy (non-hydrogen) atoms. The largest absolute Gasteiger partial charge is 0.480 e. The molecule has 0 heterocycles. The van der Waals surface area contributed by atoms with Crippen LogP contribution in [0.3, 0.4) is 0 Å². The van der Waals surface area contributed by atoms with Gasteiger partial charge in [-0.15, -0.1) is 0 Å². The van der Waals surface area contributed by atoms with Crippen molar-refractivity contribution in [2.75, 3.05) is 40.8 Å².